The van der Waals surface area contributed by atoms with Crippen LogP contribution in [0.15, 0.2) is 27.5 Å². The zero-order valence-corrected chi connectivity index (χ0v) is 14.4. The summed E-state index contributed by atoms with van der Waals surface area (Å²) in [6.07, 6.45) is 2.61. The van der Waals surface area contributed by atoms with E-state index >= 15 is 0 Å². The number of amides is 1. The number of anilines is 1. The van der Waals surface area contributed by atoms with Crippen molar-refractivity contribution in [1.82, 2.24) is 25.0 Å². The number of fused-ring (bicyclic) bond motifs is 1. The second-order valence-corrected chi connectivity index (χ2v) is 6.70. The van der Waals surface area contributed by atoms with Gasteiger partial charge in [0.05, 0.1) is 17.6 Å². The Bertz CT molecular complexity index is 984. The van der Waals surface area contributed by atoms with Gasteiger partial charge in [0.2, 0.25) is 11.8 Å². The highest BCUT2D eigenvalue weighted by Gasteiger charge is 2.28. The zero-order chi connectivity index (χ0) is 18.1. The van der Waals surface area contributed by atoms with Crippen LogP contribution >= 0.6 is 0 Å². The SMILES string of the molecule is CN(CCC(=O)Nc1ccc2[nH]c(=O)[nH]c2c1)Cc1nc(C2CC2)no1. The van der Waals surface area contributed by atoms with Gasteiger partial charge in [-0.15, -0.1) is 0 Å². The van der Waals surface area contributed by atoms with Crippen molar-refractivity contribution in [3.63, 3.8) is 0 Å². The van der Waals surface area contributed by atoms with Crippen molar-refractivity contribution in [3.8, 4) is 0 Å². The summed E-state index contributed by atoms with van der Waals surface area (Å²) in [4.78, 5) is 35.1. The van der Waals surface area contributed by atoms with Crippen molar-refractivity contribution < 1.29 is 9.32 Å². The third-order valence-corrected chi connectivity index (χ3v) is 4.35. The fourth-order valence-electron chi connectivity index (χ4n) is 2.78. The van der Waals surface area contributed by atoms with Gasteiger partial charge in [0.25, 0.3) is 0 Å². The zero-order valence-electron chi connectivity index (χ0n) is 14.4. The van der Waals surface area contributed by atoms with Gasteiger partial charge in [-0.05, 0) is 38.1 Å². The van der Waals surface area contributed by atoms with Crippen LogP contribution in [0, 0.1) is 0 Å². The van der Waals surface area contributed by atoms with Crippen molar-refractivity contribution in [3.05, 3.63) is 40.4 Å². The number of nitrogens with zero attached hydrogens (tertiary/aromatic N) is 3. The van der Waals surface area contributed by atoms with E-state index in [0.717, 1.165) is 18.7 Å². The average molecular weight is 356 g/mol. The van der Waals surface area contributed by atoms with Gasteiger partial charge in [-0.2, -0.15) is 4.98 Å². The van der Waals surface area contributed by atoms with E-state index in [1.807, 2.05) is 11.9 Å². The number of benzene rings is 1. The maximum atomic E-state index is 12.1. The van der Waals surface area contributed by atoms with E-state index in [0.29, 0.717) is 48.0 Å². The number of hydrogen-bond acceptors (Lipinski definition) is 6. The van der Waals surface area contributed by atoms with E-state index in [4.69, 9.17) is 4.52 Å². The maximum Gasteiger partial charge on any atom is 0.323 e. The van der Waals surface area contributed by atoms with Gasteiger partial charge < -0.3 is 19.8 Å². The molecular formula is C17H20N6O3. The Kier molecular flexibility index (Phi) is 4.29. The number of nitrogens with one attached hydrogen (secondary N) is 3. The van der Waals surface area contributed by atoms with Crippen LogP contribution in [-0.4, -0.2) is 44.5 Å². The van der Waals surface area contributed by atoms with Crippen molar-refractivity contribution in [2.75, 3.05) is 18.9 Å². The number of carbonyl (C=O) groups is 1. The first-order chi connectivity index (χ1) is 12.6. The molecule has 1 fully saturated rings. The van der Waals surface area contributed by atoms with Crippen LogP contribution in [0.5, 0.6) is 0 Å². The third kappa shape index (κ3) is 3.83. The topological polar surface area (TPSA) is 120 Å². The molecule has 1 amide bonds. The van der Waals surface area contributed by atoms with Crippen LogP contribution in [0.2, 0.25) is 0 Å². The lowest BCUT2D eigenvalue weighted by molar-refractivity contribution is -0.116. The van der Waals surface area contributed by atoms with Crippen LogP contribution in [-0.2, 0) is 11.3 Å². The lowest BCUT2D eigenvalue weighted by atomic mass is 10.2. The van der Waals surface area contributed by atoms with Crippen LogP contribution in [0.25, 0.3) is 11.0 Å². The van der Waals surface area contributed by atoms with Gasteiger partial charge in [-0.1, -0.05) is 5.16 Å². The minimum absolute atomic E-state index is 0.0988. The Hall–Kier alpha value is -2.94. The summed E-state index contributed by atoms with van der Waals surface area (Å²) in [6, 6.07) is 5.24. The number of hydrogen-bond donors (Lipinski definition) is 3. The molecule has 0 radical (unpaired) electrons. The van der Waals surface area contributed by atoms with Crippen molar-refractivity contribution in [2.45, 2.75) is 31.7 Å². The third-order valence-electron chi connectivity index (χ3n) is 4.35. The van der Waals surface area contributed by atoms with E-state index in [1.165, 1.54) is 0 Å². The standard InChI is InChI=1S/C17H20N6O3/c1-23(9-15-21-16(22-26-15)10-2-3-10)7-6-14(24)18-11-4-5-12-13(8-11)20-17(25)19-12/h4-5,8,10H,2-3,6-7,9H2,1H3,(H,18,24)(H2,19,20,25). The summed E-state index contributed by atoms with van der Waals surface area (Å²) >= 11 is 0. The van der Waals surface area contributed by atoms with Gasteiger partial charge in [0, 0.05) is 24.6 Å². The molecule has 26 heavy (non-hydrogen) atoms. The molecule has 1 aromatic carbocycles. The highest BCUT2D eigenvalue weighted by atomic mass is 16.5. The van der Waals surface area contributed by atoms with E-state index in [2.05, 4.69) is 25.4 Å². The lowest BCUT2D eigenvalue weighted by Crippen LogP contribution is -2.24. The normalized spacial score (nSPS) is 14.2. The second kappa shape index (κ2) is 6.75. The maximum absolute atomic E-state index is 12.1. The smallest absolute Gasteiger partial charge is 0.323 e. The summed E-state index contributed by atoms with van der Waals surface area (Å²) in [5.74, 6) is 1.75. The monoisotopic (exact) mass is 356 g/mol. The first-order valence-electron chi connectivity index (χ1n) is 8.60. The second-order valence-electron chi connectivity index (χ2n) is 6.70. The highest BCUT2D eigenvalue weighted by molar-refractivity contribution is 5.93. The lowest BCUT2D eigenvalue weighted by Gasteiger charge is -2.13. The number of H-pyrrole nitrogens is 2. The van der Waals surface area contributed by atoms with Crippen LogP contribution in [0.1, 0.15) is 36.9 Å². The number of imidazole rings is 1. The van der Waals surface area contributed by atoms with Crippen molar-refractivity contribution >= 4 is 22.6 Å². The summed E-state index contributed by atoms with van der Waals surface area (Å²) in [7, 11) is 1.91. The van der Waals surface area contributed by atoms with E-state index in [1.54, 1.807) is 18.2 Å². The molecule has 4 rings (SSSR count). The Morgan fingerprint density at radius 2 is 2.15 bits per heavy atom. The molecule has 9 nitrogen and oxygen atoms in total. The van der Waals surface area contributed by atoms with E-state index < -0.39 is 0 Å². The van der Waals surface area contributed by atoms with Gasteiger partial charge in [0.15, 0.2) is 5.82 Å². The highest BCUT2D eigenvalue weighted by Crippen LogP contribution is 2.38. The Morgan fingerprint density at radius 1 is 1.35 bits per heavy atom. The Labute approximate surface area is 148 Å². The fraction of sp³-hybridized carbons (Fsp3) is 0.412. The number of carbonyl (C=O) groups excluding carboxylic acids is 1. The number of rotatable bonds is 7. The first kappa shape index (κ1) is 16.5. The Balaban J connectivity index is 1.27. The van der Waals surface area contributed by atoms with Crippen LogP contribution < -0.4 is 11.0 Å². The molecule has 2 aromatic heterocycles. The quantitative estimate of drug-likeness (QED) is 0.591. The molecule has 0 atom stereocenters. The molecule has 3 N–H and O–H groups in total. The van der Waals surface area contributed by atoms with Gasteiger partial charge in [-0.3, -0.25) is 9.69 Å². The average Bonchev–Trinajstić information content (AvgIpc) is 3.24. The Morgan fingerprint density at radius 3 is 2.96 bits per heavy atom. The van der Waals surface area contributed by atoms with Gasteiger partial charge in [-0.25, -0.2) is 4.79 Å². The molecule has 0 spiro atoms. The molecule has 2 heterocycles. The molecule has 3 aromatic rings. The molecule has 9 heteroatoms. The molecule has 0 unspecified atom stereocenters. The molecule has 136 valence electrons. The minimum Gasteiger partial charge on any atom is -0.338 e. The molecule has 1 saturated carbocycles. The molecule has 0 aliphatic heterocycles. The molecule has 1 aliphatic carbocycles. The van der Waals surface area contributed by atoms with E-state index in [-0.39, 0.29) is 11.6 Å². The van der Waals surface area contributed by atoms with Gasteiger partial charge in [0.1, 0.15) is 0 Å². The van der Waals surface area contributed by atoms with Crippen LogP contribution in [0.3, 0.4) is 0 Å². The number of aromatic amines is 2. The fourth-order valence-corrected chi connectivity index (χ4v) is 2.78. The predicted octanol–water partition coefficient (Wildman–Crippen LogP) is 1.58. The molecular weight excluding hydrogens is 336 g/mol. The summed E-state index contributed by atoms with van der Waals surface area (Å²) in [5, 5.41) is 6.83. The first-order valence-corrected chi connectivity index (χ1v) is 8.60. The summed E-state index contributed by atoms with van der Waals surface area (Å²) in [5.41, 5.74) is 1.74. The molecule has 0 bridgehead atoms. The number of aromatic nitrogens is 4. The largest absolute Gasteiger partial charge is 0.338 e. The van der Waals surface area contributed by atoms with Gasteiger partial charge >= 0.3 is 5.69 Å². The van der Waals surface area contributed by atoms with Crippen LogP contribution in [0.4, 0.5) is 5.69 Å². The van der Waals surface area contributed by atoms with E-state index in [9.17, 15) is 9.59 Å². The van der Waals surface area contributed by atoms with Crippen molar-refractivity contribution in [2.24, 2.45) is 0 Å². The molecule has 0 saturated heterocycles. The predicted molar refractivity (Wildman–Crippen MR) is 94.8 cm³/mol. The summed E-state index contributed by atoms with van der Waals surface area (Å²) in [6.45, 7) is 1.08. The summed E-state index contributed by atoms with van der Waals surface area (Å²) < 4.78 is 5.25. The van der Waals surface area contributed by atoms with Crippen molar-refractivity contribution in [1.29, 1.82) is 0 Å². The minimum atomic E-state index is -0.268. The molecule has 1 aliphatic rings.